The monoisotopic (exact) mass is 366 g/mol. The molecule has 0 fully saturated rings. The Labute approximate surface area is 77.0 Å². The number of rotatable bonds is 1. The van der Waals surface area contributed by atoms with E-state index in [9.17, 15) is 4.79 Å². The molecule has 0 aromatic heterocycles. The van der Waals surface area contributed by atoms with E-state index >= 15 is 0 Å². The van der Waals surface area contributed by atoms with E-state index in [0.717, 1.165) is 6.42 Å². The van der Waals surface area contributed by atoms with Crippen LogP contribution in [0, 0.1) is 0 Å². The molecule has 4 heteroatoms. The summed E-state index contributed by atoms with van der Waals surface area (Å²) in [5.74, 6) is -0.169. The van der Waals surface area contributed by atoms with Crippen LogP contribution in [0.4, 0.5) is 0 Å². The van der Waals surface area contributed by atoms with Crippen molar-refractivity contribution in [2.75, 3.05) is 4.93 Å². The summed E-state index contributed by atoms with van der Waals surface area (Å²) in [6.07, 6.45) is 4.34. The normalized spacial score (nSPS) is 26.0. The molecular weight excluding hydrogens is 358 g/mol. The number of carbonyl (C=O) groups excluding carboxylic acids is 1. The Morgan fingerprint density at radius 1 is 1.90 bits per heavy atom. The predicted molar refractivity (Wildman–Crippen MR) is 57.6 cm³/mol. The van der Waals surface area contributed by atoms with Gasteiger partial charge in [-0.15, -0.1) is 0 Å². The zero-order chi connectivity index (χ0) is 7.56. The summed E-state index contributed by atoms with van der Waals surface area (Å²) >= 11 is 1.45. The number of alkyl halides is 2. The number of hydrogen-bond donors (Lipinski definition) is 0. The second-order valence-corrected chi connectivity index (χ2v) is 14.5. The van der Waals surface area contributed by atoms with Gasteiger partial charge >= 0.3 is 77.6 Å². The summed E-state index contributed by atoms with van der Waals surface area (Å²) in [6.45, 7) is 0. The van der Waals surface area contributed by atoms with Crippen LogP contribution in [-0.4, -0.2) is 15.0 Å². The first-order valence-corrected chi connectivity index (χ1v) is 12.5. The minimum absolute atomic E-state index is 0.169. The van der Waals surface area contributed by atoms with Crippen LogP contribution in [0.5, 0.6) is 0 Å². The second-order valence-electron chi connectivity index (χ2n) is 1.93. The van der Waals surface area contributed by atoms with Gasteiger partial charge in [0.2, 0.25) is 0 Å². The fourth-order valence-corrected chi connectivity index (χ4v) is 4.20. The molecule has 1 unspecified atom stereocenters. The van der Waals surface area contributed by atoms with Crippen molar-refractivity contribution in [1.29, 1.82) is 0 Å². The Balaban J connectivity index is 2.52. The molecule has 0 amide bonds. The summed E-state index contributed by atoms with van der Waals surface area (Å²) in [4.78, 5) is 12.9. The van der Waals surface area contributed by atoms with Crippen molar-refractivity contribution in [2.24, 2.45) is 0 Å². The van der Waals surface area contributed by atoms with Gasteiger partial charge in [0.15, 0.2) is 0 Å². The second kappa shape index (κ2) is 3.89. The van der Waals surface area contributed by atoms with E-state index in [1.807, 2.05) is 6.08 Å². The molecule has 0 radical (unpaired) electrons. The molecule has 1 aliphatic rings. The van der Waals surface area contributed by atoms with Gasteiger partial charge in [0, 0.05) is 0 Å². The average Bonchev–Trinajstić information content (AvgIpc) is 1.88. The standard InChI is InChI=1S/C6H8I2O2/c1-8(7)5-3-2-4-6(9)10-5/h2,4-5H,3H2,1H3. The third-order valence-corrected chi connectivity index (χ3v) is 7.35. The summed E-state index contributed by atoms with van der Waals surface area (Å²) in [5.41, 5.74) is 0. The van der Waals surface area contributed by atoms with Crippen LogP contribution in [0.1, 0.15) is 6.42 Å². The average molecular weight is 366 g/mol. The van der Waals surface area contributed by atoms with Crippen molar-refractivity contribution in [3.63, 3.8) is 0 Å². The van der Waals surface area contributed by atoms with Crippen molar-refractivity contribution in [3.05, 3.63) is 12.2 Å². The van der Waals surface area contributed by atoms with E-state index in [4.69, 9.17) is 4.74 Å². The molecule has 58 valence electrons. The maximum atomic E-state index is 10.7. The Morgan fingerprint density at radius 3 is 3.00 bits per heavy atom. The molecule has 0 bridgehead atoms. The summed E-state index contributed by atoms with van der Waals surface area (Å²) in [5, 5.41) is 0. The van der Waals surface area contributed by atoms with Crippen LogP contribution >= 0.6 is 34.5 Å². The minimum atomic E-state index is -0.969. The van der Waals surface area contributed by atoms with Crippen molar-refractivity contribution in [2.45, 2.75) is 10.5 Å². The SMILES string of the molecule is CI(I)C1CC=CC(=O)O1. The van der Waals surface area contributed by atoms with E-state index in [1.54, 1.807) is 0 Å². The van der Waals surface area contributed by atoms with Gasteiger partial charge in [-0.05, 0) is 0 Å². The van der Waals surface area contributed by atoms with Crippen LogP contribution in [0.2, 0.25) is 0 Å². The van der Waals surface area contributed by atoms with E-state index in [1.165, 1.54) is 6.08 Å². The number of cyclic esters (lactones) is 1. The van der Waals surface area contributed by atoms with Crippen LogP contribution in [0.25, 0.3) is 0 Å². The van der Waals surface area contributed by atoms with E-state index in [2.05, 4.69) is 23.5 Å². The molecule has 0 aliphatic carbocycles. The Hall–Kier alpha value is 0.670. The molecule has 0 saturated heterocycles. The quantitative estimate of drug-likeness (QED) is 0.405. The maximum absolute atomic E-state index is 10.7. The van der Waals surface area contributed by atoms with Gasteiger partial charge in [-0.2, -0.15) is 0 Å². The molecule has 0 spiro atoms. The molecule has 1 aliphatic heterocycles. The topological polar surface area (TPSA) is 26.3 Å². The summed E-state index contributed by atoms with van der Waals surface area (Å²) in [6, 6.07) is 0. The van der Waals surface area contributed by atoms with Crippen LogP contribution in [0.3, 0.4) is 0 Å². The first-order valence-electron chi connectivity index (χ1n) is 2.82. The van der Waals surface area contributed by atoms with Gasteiger partial charge in [0.1, 0.15) is 0 Å². The third kappa shape index (κ3) is 2.37. The fourth-order valence-electron chi connectivity index (χ4n) is 0.669. The van der Waals surface area contributed by atoms with E-state index < -0.39 is 15.8 Å². The van der Waals surface area contributed by atoms with Crippen LogP contribution in [-0.2, 0) is 9.53 Å². The summed E-state index contributed by atoms with van der Waals surface area (Å²) in [7, 11) is 0. The zero-order valence-corrected chi connectivity index (χ0v) is 9.83. The van der Waals surface area contributed by atoms with E-state index in [-0.39, 0.29) is 10.1 Å². The third-order valence-electron chi connectivity index (χ3n) is 1.15. The molecule has 0 N–H and O–H groups in total. The first kappa shape index (κ1) is 8.76. The van der Waals surface area contributed by atoms with Crippen molar-refractivity contribution >= 4 is 40.4 Å². The van der Waals surface area contributed by atoms with Gasteiger partial charge < -0.3 is 0 Å². The number of ether oxygens (including phenoxy) is 1. The molecule has 1 heterocycles. The molecule has 2 nitrogen and oxygen atoms in total. The van der Waals surface area contributed by atoms with Crippen LogP contribution < -0.4 is 0 Å². The van der Waals surface area contributed by atoms with Gasteiger partial charge in [-0.3, -0.25) is 0 Å². The Morgan fingerprint density at radius 2 is 2.60 bits per heavy atom. The predicted octanol–water partition coefficient (Wildman–Crippen LogP) is 2.30. The number of hydrogen-bond acceptors (Lipinski definition) is 2. The molecule has 1 atom stereocenters. The van der Waals surface area contributed by atoms with Crippen molar-refractivity contribution < 1.29 is 9.53 Å². The fraction of sp³-hybridized carbons (Fsp3) is 0.500. The van der Waals surface area contributed by atoms with Gasteiger partial charge in [0.05, 0.1) is 0 Å². The molecular formula is C6H8I2O2. The Bertz CT molecular complexity index is 165. The molecule has 0 saturated carbocycles. The van der Waals surface area contributed by atoms with Gasteiger partial charge in [-0.1, -0.05) is 0 Å². The number of carbonyl (C=O) groups is 1. The first-order chi connectivity index (χ1) is 4.70. The van der Waals surface area contributed by atoms with Crippen LogP contribution in [0.15, 0.2) is 12.2 Å². The number of esters is 1. The zero-order valence-electron chi connectivity index (χ0n) is 5.51. The van der Waals surface area contributed by atoms with Gasteiger partial charge in [0.25, 0.3) is 0 Å². The van der Waals surface area contributed by atoms with Crippen molar-refractivity contribution in [3.8, 4) is 0 Å². The van der Waals surface area contributed by atoms with Crippen molar-refractivity contribution in [1.82, 2.24) is 0 Å². The molecule has 0 aromatic carbocycles. The summed E-state index contributed by atoms with van der Waals surface area (Å²) < 4.78 is 5.32. The molecule has 1 rings (SSSR count). The number of halogens is 2. The molecule has 10 heavy (non-hydrogen) atoms. The molecule has 0 aromatic rings. The van der Waals surface area contributed by atoms with E-state index in [0.29, 0.717) is 0 Å². The van der Waals surface area contributed by atoms with Gasteiger partial charge in [-0.25, -0.2) is 0 Å². The Kier molecular flexibility index (Phi) is 3.41.